The number of aromatic nitrogens is 6. The Kier molecular flexibility index (Phi) is 58.7. The Hall–Kier alpha value is -2.51. The van der Waals surface area contributed by atoms with Crippen LogP contribution >= 0.6 is 79.6 Å². The van der Waals surface area contributed by atoms with Gasteiger partial charge in [0.15, 0.2) is 20.5 Å². The Morgan fingerprint density at radius 2 is 0.924 bits per heavy atom. The van der Waals surface area contributed by atoms with E-state index in [2.05, 4.69) is 118 Å². The number of aldehydes is 1. The van der Waals surface area contributed by atoms with Gasteiger partial charge in [-0.15, -0.1) is 0 Å². The van der Waals surface area contributed by atoms with Gasteiger partial charge in [-0.25, -0.2) is 14.6 Å². The van der Waals surface area contributed by atoms with Crippen molar-refractivity contribution in [2.75, 3.05) is 13.4 Å². The van der Waals surface area contributed by atoms with Gasteiger partial charge in [-0.3, -0.25) is 33.9 Å². The number of aromatic carboxylic acids is 1. The molecule has 0 saturated carbocycles. The van der Waals surface area contributed by atoms with Crippen molar-refractivity contribution < 1.29 is 206 Å². The first-order valence-electron chi connectivity index (χ1n) is 21.9. The summed E-state index contributed by atoms with van der Waals surface area (Å²) >= 11 is 15.4. The number of esters is 1. The molecule has 3 N–H and O–H groups in total. The summed E-state index contributed by atoms with van der Waals surface area (Å²) in [5, 5.41) is 17.4. The van der Waals surface area contributed by atoms with Gasteiger partial charge in [0.25, 0.3) is 10.1 Å². The number of carbonyl (C=O) groups is 3. The standard InChI is InChI=1S/C9H8F3NO2.C8H7BrF3NO3S.C8H6F3NO2.C7H5BrF3NO.C6H4BrNO.C5H3Br2N.C4H9F3Si.4CH4.Cs.FH.Li.H2O/c1-15-8(14)6-3-2-4-13-7(6)5-9(10,11)12;1-17(14,15)16-7(8(10,11)12)6-5(9)3-2-4-13-6;9-8(10,11)4-6-5(7(13)14)2-1-3-12-6;8-4-2-1-3-12-5(4)6(13)7(9,10)11;7-5-2-1-3-8-6(5)4-9;6-4-2-1-3-8-5(4)7;1-8(2,3)4(5,6)7;;;;;;;;/h2-4H,5H2,1H3;2-4,7H,1H3;1-3H,4H2,(H,13,14);1-3,6,13H;1-4H;1-3H;1-3H3;4*1H4;;1H;;1H2/q;;;;;;;;;;;+1;;+1;/p-2. The average Bonchev–Trinajstić information content (AvgIpc) is 3.19. The molecule has 512 valence electrons. The molecule has 6 rings (SSSR count). The zero-order valence-electron chi connectivity index (χ0n) is 45.8. The molecule has 0 aromatic carbocycles. The third kappa shape index (κ3) is 45.8. The number of nitrogens with zero attached hydrogens (tertiary/aromatic N) is 6. The van der Waals surface area contributed by atoms with Crippen molar-refractivity contribution in [3.63, 3.8) is 0 Å². The Labute approximate surface area is 634 Å². The zero-order valence-corrected chi connectivity index (χ0v) is 61.8. The van der Waals surface area contributed by atoms with E-state index in [1.165, 1.54) is 74.5 Å². The summed E-state index contributed by atoms with van der Waals surface area (Å²) in [5.41, 5.74) is -1.87. The summed E-state index contributed by atoms with van der Waals surface area (Å²) in [6.45, 7) is 3.85. The Morgan fingerprint density at radius 1 is 0.587 bits per heavy atom. The van der Waals surface area contributed by atoms with E-state index in [0.717, 1.165) is 39.1 Å². The van der Waals surface area contributed by atoms with E-state index in [1.807, 2.05) is 12.1 Å². The molecule has 6 aromatic rings. The molecule has 0 fully saturated rings. The van der Waals surface area contributed by atoms with Crippen molar-refractivity contribution in [3.05, 3.63) is 172 Å². The van der Waals surface area contributed by atoms with Crippen molar-refractivity contribution in [1.29, 1.82) is 0 Å². The van der Waals surface area contributed by atoms with Crippen molar-refractivity contribution >= 4 is 116 Å². The Bertz CT molecular complexity index is 3140. The fourth-order valence-electron chi connectivity index (χ4n) is 4.65. The van der Waals surface area contributed by atoms with Crippen LogP contribution in [0.25, 0.3) is 0 Å². The van der Waals surface area contributed by atoms with Gasteiger partial charge in [-0.05, 0) is 152 Å². The largest absolute Gasteiger partial charge is 1.00 e. The molecule has 2 unspecified atom stereocenters. The van der Waals surface area contributed by atoms with Crippen LogP contribution in [0.15, 0.2) is 132 Å². The van der Waals surface area contributed by atoms with Crippen LogP contribution in [-0.2, 0) is 31.9 Å². The number of hydrogen-bond acceptors (Lipinski definition) is 15. The molecule has 0 saturated heterocycles. The predicted octanol–water partition coefficient (Wildman–Crippen LogP) is 8.79. The smallest absolute Gasteiger partial charge is 1.00 e. The van der Waals surface area contributed by atoms with Gasteiger partial charge in [0.2, 0.25) is 6.10 Å². The normalized spacial score (nSPS) is 11.2. The number of alkyl halides is 15. The maximum absolute atomic E-state index is 12.7. The third-order valence-corrected chi connectivity index (χ3v) is 14.6. The maximum Gasteiger partial charge on any atom is 1.00 e. The zero-order chi connectivity index (χ0) is 65.2. The first kappa shape index (κ1) is 108. The number of carboxylic acid groups (broad SMARTS) is 1. The van der Waals surface area contributed by atoms with E-state index in [-0.39, 0.29) is 148 Å². The molecule has 92 heavy (non-hydrogen) atoms. The van der Waals surface area contributed by atoms with Crippen LogP contribution in [0.1, 0.15) is 95.9 Å². The number of carboxylic acids is 1. The number of rotatable bonds is 9. The monoisotopic (exact) mass is 1810 g/mol. The van der Waals surface area contributed by atoms with E-state index in [1.54, 1.807) is 24.5 Å². The minimum Gasteiger partial charge on any atom is -1.00 e. The van der Waals surface area contributed by atoms with Gasteiger partial charge >= 0.3 is 130 Å². The molecular formula is C51H59Br5CsF16LiN6O10SSi. The SMILES string of the molecule is Brc1cccnc1Br.C.C.C.C.COC(=O)c1cccnc1CC(F)(F)F.CS(=O)(=O)OC(c1ncccc1Br)C(F)(F)F.C[Si](C)(C)C(F)(F)F.O=C(O)c1cccnc1CC(F)(F)F.O=Cc1ncccc1Br.OC(c1ncccc1Br)C(F)(F)F.[Cs+].[F-].[Li+].[OH-]. The van der Waals surface area contributed by atoms with E-state index >= 15 is 0 Å². The third-order valence-electron chi connectivity index (χ3n) is 8.57. The summed E-state index contributed by atoms with van der Waals surface area (Å²) in [6.07, 6.45) is -16.9. The molecule has 2 atom stereocenters. The first-order valence-corrected chi connectivity index (χ1v) is 31.2. The number of methoxy groups -OCH3 is 1. The van der Waals surface area contributed by atoms with Crippen molar-refractivity contribution in [1.82, 2.24) is 29.9 Å². The van der Waals surface area contributed by atoms with Gasteiger partial charge in [0.05, 0.1) is 64.6 Å². The fourth-order valence-corrected chi connectivity index (χ4v) is 6.99. The van der Waals surface area contributed by atoms with E-state index in [4.69, 9.17) is 10.2 Å². The molecule has 0 amide bonds. The molecule has 0 aliphatic rings. The number of halogens is 21. The second-order valence-corrected chi connectivity index (χ2v) is 27.1. The van der Waals surface area contributed by atoms with Gasteiger partial charge < -0.3 is 25.1 Å². The van der Waals surface area contributed by atoms with Gasteiger partial charge in [0.1, 0.15) is 10.3 Å². The summed E-state index contributed by atoms with van der Waals surface area (Å²) in [5.74, 6) is -6.15. The van der Waals surface area contributed by atoms with Crippen molar-refractivity contribution in [2.24, 2.45) is 0 Å². The van der Waals surface area contributed by atoms with Gasteiger partial charge in [-0.1, -0.05) is 49.3 Å². The number of aliphatic hydroxyl groups excluding tert-OH is 1. The number of ether oxygens (including phenoxy) is 1. The Morgan fingerprint density at radius 3 is 1.21 bits per heavy atom. The molecule has 6 heterocycles. The predicted molar refractivity (Wildman–Crippen MR) is 321 cm³/mol. The molecule has 41 heteroatoms. The summed E-state index contributed by atoms with van der Waals surface area (Å²) in [7, 11) is -6.01. The van der Waals surface area contributed by atoms with Crippen LogP contribution in [0.3, 0.4) is 0 Å². The van der Waals surface area contributed by atoms with Crippen LogP contribution in [0.5, 0.6) is 0 Å². The maximum atomic E-state index is 12.7. The second kappa shape index (κ2) is 49.9. The number of aliphatic hydroxyl groups is 1. The minimum atomic E-state index is -4.88. The first-order chi connectivity index (χ1) is 38.3. The summed E-state index contributed by atoms with van der Waals surface area (Å²) in [6, 6.07) is 17.9. The number of hydrogen-bond donors (Lipinski definition) is 2. The number of pyridine rings is 6. The quantitative estimate of drug-likeness (QED) is 0.0343. The molecule has 0 radical (unpaired) electrons. The minimum absolute atomic E-state index is 0. The van der Waals surface area contributed by atoms with Gasteiger partial charge in [-0.2, -0.15) is 74.3 Å². The summed E-state index contributed by atoms with van der Waals surface area (Å²) in [4.78, 5) is 53.3. The second-order valence-electron chi connectivity index (χ2n) is 16.3. The summed E-state index contributed by atoms with van der Waals surface area (Å²) < 4.78 is 214. The van der Waals surface area contributed by atoms with Crippen LogP contribution in [0.4, 0.5) is 65.9 Å². The van der Waals surface area contributed by atoms with Gasteiger partial charge in [0, 0.05) is 50.6 Å². The molecule has 6 aromatic heterocycles. The molecule has 0 bridgehead atoms. The molecule has 0 aliphatic carbocycles. The van der Waals surface area contributed by atoms with Crippen molar-refractivity contribution in [2.45, 2.75) is 105 Å². The molecular weight excluding hydrogens is 1760 g/mol. The van der Waals surface area contributed by atoms with Crippen LogP contribution in [0.2, 0.25) is 19.6 Å². The topological polar surface area (TPSA) is 252 Å². The van der Waals surface area contributed by atoms with Crippen molar-refractivity contribution in [3.8, 4) is 0 Å². The van der Waals surface area contributed by atoms with Crippen LogP contribution in [0, 0.1) is 0 Å². The molecule has 0 aliphatic heterocycles. The molecule has 0 spiro atoms. The fraction of sp³-hybridized carbons (Fsp3) is 0.353. The number of carbonyl (C=O) groups excluding carboxylic acids is 2. The Balaban J connectivity index is -0.000000125. The van der Waals surface area contributed by atoms with E-state index < -0.39 is 108 Å². The van der Waals surface area contributed by atoms with E-state index in [9.17, 15) is 88.7 Å². The van der Waals surface area contributed by atoms with Crippen LogP contribution < -0.4 is 92.5 Å². The molecule has 16 nitrogen and oxygen atoms in total. The average molecular weight is 1820 g/mol. The van der Waals surface area contributed by atoms with Crippen LogP contribution in [-0.4, -0.2) is 124 Å². The van der Waals surface area contributed by atoms with E-state index in [0.29, 0.717) is 18.2 Å².